The lowest BCUT2D eigenvalue weighted by molar-refractivity contribution is -0.136. The highest BCUT2D eigenvalue weighted by Gasteiger charge is 2.45. The van der Waals surface area contributed by atoms with Crippen molar-refractivity contribution in [2.75, 3.05) is 56.0 Å². The van der Waals surface area contributed by atoms with E-state index in [1.807, 2.05) is 47.4 Å². The molecule has 4 aliphatic heterocycles. The maximum absolute atomic E-state index is 13.9. The fourth-order valence-electron chi connectivity index (χ4n) is 9.11. The summed E-state index contributed by atoms with van der Waals surface area (Å²) in [6.07, 6.45) is 7.81. The van der Waals surface area contributed by atoms with Crippen LogP contribution in [0.1, 0.15) is 87.3 Å². The molecule has 16 heteroatoms. The predicted octanol–water partition coefficient (Wildman–Crippen LogP) is 5.54. The van der Waals surface area contributed by atoms with E-state index in [4.69, 9.17) is 16.3 Å². The van der Waals surface area contributed by atoms with Crippen LogP contribution in [0.15, 0.2) is 79.1 Å². The number of hydrogen-bond acceptors (Lipinski definition) is 12. The van der Waals surface area contributed by atoms with Gasteiger partial charge in [-0.25, -0.2) is 9.97 Å². The minimum atomic E-state index is -0.990. The Morgan fingerprint density at radius 1 is 0.825 bits per heavy atom. The summed E-state index contributed by atoms with van der Waals surface area (Å²) in [5.74, 6) is -0.271. The number of ketones is 1. The molecular weight excluding hydrogens is 824 g/mol. The van der Waals surface area contributed by atoms with Gasteiger partial charge in [0.25, 0.3) is 11.8 Å². The number of halogens is 1. The van der Waals surface area contributed by atoms with Gasteiger partial charge in [0.1, 0.15) is 29.7 Å². The Bertz CT molecular complexity index is 2520. The maximum atomic E-state index is 13.9. The van der Waals surface area contributed by atoms with E-state index in [-0.39, 0.29) is 41.7 Å². The van der Waals surface area contributed by atoms with Crippen molar-refractivity contribution in [1.82, 2.24) is 30.0 Å². The van der Waals surface area contributed by atoms with Crippen LogP contribution in [0.2, 0.25) is 5.02 Å². The topological polar surface area (TPSA) is 174 Å². The molecule has 5 heterocycles. The van der Waals surface area contributed by atoms with Crippen molar-refractivity contribution in [3.8, 4) is 11.5 Å². The number of anilines is 2. The Labute approximate surface area is 369 Å². The fraction of sp³-hybridized carbons (Fsp3) is 0.362. The van der Waals surface area contributed by atoms with Gasteiger partial charge in [-0.1, -0.05) is 35.9 Å². The first-order chi connectivity index (χ1) is 30.6. The monoisotopic (exact) mass is 870 g/mol. The molecule has 0 spiro atoms. The molecule has 0 bridgehead atoms. The summed E-state index contributed by atoms with van der Waals surface area (Å²) >= 11 is 6.63. The Morgan fingerprint density at radius 3 is 2.37 bits per heavy atom. The third-order valence-corrected chi connectivity index (χ3v) is 12.9. The van der Waals surface area contributed by atoms with Crippen molar-refractivity contribution < 1.29 is 33.5 Å². The van der Waals surface area contributed by atoms with E-state index < -0.39 is 29.7 Å². The van der Waals surface area contributed by atoms with Gasteiger partial charge in [-0.15, -0.1) is 0 Å². The molecule has 2 N–H and O–H groups in total. The number of hydrogen-bond donors (Lipinski definition) is 2. The Hall–Kier alpha value is -6.45. The van der Waals surface area contributed by atoms with E-state index in [0.29, 0.717) is 65.0 Å². The minimum Gasteiger partial charge on any atom is -0.457 e. The summed E-state index contributed by atoms with van der Waals surface area (Å²) in [4.78, 5) is 94.1. The number of amides is 5. The van der Waals surface area contributed by atoms with E-state index in [1.54, 1.807) is 30.3 Å². The van der Waals surface area contributed by atoms with Crippen molar-refractivity contribution in [1.29, 1.82) is 0 Å². The van der Waals surface area contributed by atoms with Crippen LogP contribution in [-0.2, 0) is 20.8 Å². The number of benzene rings is 3. The van der Waals surface area contributed by atoms with Gasteiger partial charge in [0.15, 0.2) is 5.78 Å². The number of ether oxygens (including phenoxy) is 1. The van der Waals surface area contributed by atoms with Crippen LogP contribution in [0.3, 0.4) is 0 Å². The average Bonchev–Trinajstić information content (AvgIpc) is 3.84. The van der Waals surface area contributed by atoms with E-state index in [2.05, 4.69) is 30.4 Å². The van der Waals surface area contributed by atoms with Gasteiger partial charge >= 0.3 is 0 Å². The highest BCUT2D eigenvalue weighted by atomic mass is 35.5. The maximum Gasteiger partial charge on any atom is 0.262 e. The largest absolute Gasteiger partial charge is 0.457 e. The number of likely N-dealkylation sites (tertiary alicyclic amines) is 1. The number of aromatic nitrogens is 2. The number of para-hydroxylation sites is 1. The number of allylic oxidation sites excluding steroid dienone is 2. The Balaban J connectivity index is 0.706. The molecule has 15 nitrogen and oxygen atoms in total. The molecule has 0 unspecified atom stereocenters. The smallest absolute Gasteiger partial charge is 0.262 e. The number of fused-ring (bicyclic) bond motifs is 2. The summed E-state index contributed by atoms with van der Waals surface area (Å²) in [6, 6.07) is 18.8. The SMILES string of the molecule is O=C1CC[C@H](N2C(=O)c3ccc(N4CCN(CCCCC(=O)N5CCC(Nc6ncnc7c6C(C(=O)c6ccc(Oc8ccccc8)cc6Cl)=CC7)CC5)CC4)cc3C2=O)C(=O)N1. The highest BCUT2D eigenvalue weighted by molar-refractivity contribution is 6.39. The van der Waals surface area contributed by atoms with Crippen molar-refractivity contribution >= 4 is 64.0 Å². The van der Waals surface area contributed by atoms with Crippen LogP contribution >= 0.6 is 11.6 Å². The van der Waals surface area contributed by atoms with Gasteiger partial charge in [0.05, 0.1) is 21.8 Å². The van der Waals surface area contributed by atoms with Crippen LogP contribution in [-0.4, -0.2) is 118 Å². The molecule has 5 amide bonds. The molecule has 4 aromatic rings. The summed E-state index contributed by atoms with van der Waals surface area (Å²) < 4.78 is 5.90. The number of nitrogens with one attached hydrogen (secondary N) is 2. The first kappa shape index (κ1) is 41.9. The van der Waals surface area contributed by atoms with E-state index in [1.165, 1.54) is 6.33 Å². The summed E-state index contributed by atoms with van der Waals surface area (Å²) in [7, 11) is 0. The van der Waals surface area contributed by atoms with Crippen LogP contribution < -0.4 is 20.3 Å². The second-order valence-electron chi connectivity index (χ2n) is 16.5. The number of piperidine rings is 2. The van der Waals surface area contributed by atoms with Crippen LogP contribution in [0.4, 0.5) is 11.5 Å². The minimum absolute atomic E-state index is 0.0778. The zero-order valence-electron chi connectivity index (χ0n) is 34.7. The van der Waals surface area contributed by atoms with Crippen LogP contribution in [0, 0.1) is 0 Å². The molecule has 0 saturated carbocycles. The number of imide groups is 2. The quantitative estimate of drug-likeness (QED) is 0.0977. The fourth-order valence-corrected chi connectivity index (χ4v) is 9.37. The number of unbranched alkanes of at least 4 members (excludes halogenated alkanes) is 1. The van der Waals surface area contributed by atoms with Gasteiger partial charge in [-0.3, -0.25) is 43.9 Å². The number of rotatable bonds is 13. The third kappa shape index (κ3) is 8.80. The molecule has 0 radical (unpaired) electrons. The van der Waals surface area contributed by atoms with E-state index in [9.17, 15) is 28.8 Å². The lowest BCUT2D eigenvalue weighted by atomic mass is 9.98. The Morgan fingerprint density at radius 2 is 1.60 bits per heavy atom. The Kier molecular flexibility index (Phi) is 12.0. The number of piperazine rings is 1. The number of carbonyl (C=O) groups is 6. The van der Waals surface area contributed by atoms with E-state index in [0.717, 1.165) is 74.7 Å². The van der Waals surface area contributed by atoms with Gasteiger partial charge < -0.3 is 19.9 Å². The molecule has 3 fully saturated rings. The molecular formula is C47H47ClN8O7. The molecule has 63 heavy (non-hydrogen) atoms. The normalized spacial score (nSPS) is 19.2. The summed E-state index contributed by atoms with van der Waals surface area (Å²) in [5.41, 5.74) is 3.76. The van der Waals surface area contributed by atoms with Gasteiger partial charge in [0, 0.05) is 93.0 Å². The van der Waals surface area contributed by atoms with E-state index >= 15 is 0 Å². The standard InChI is InChI=1S/C47H47ClN8O7/c48-37-27-32(63-31-6-2-1-3-7-31)10-12-34(37)43(59)35-13-14-38-42(35)44(50-28-49-38)51-29-17-20-55(21-18-29)41(58)8-4-5-19-53-22-24-54(25-23-53)30-9-11-33-36(26-30)47(62)56(46(33)61)39-15-16-40(57)52-45(39)60/h1-3,6-7,9-13,26-29,39H,4-5,8,14-25H2,(H,49,50,51)(H,52,57,60)/t39-/m0/s1. The third-order valence-electron chi connectivity index (χ3n) is 12.6. The second-order valence-corrected chi connectivity index (χ2v) is 16.9. The second kappa shape index (κ2) is 18.1. The average molecular weight is 871 g/mol. The molecule has 1 aromatic heterocycles. The van der Waals surface area contributed by atoms with Gasteiger partial charge in [0.2, 0.25) is 17.7 Å². The first-order valence-electron chi connectivity index (χ1n) is 21.6. The van der Waals surface area contributed by atoms with Crippen LogP contribution in [0.5, 0.6) is 11.5 Å². The van der Waals surface area contributed by atoms with Crippen molar-refractivity contribution in [2.24, 2.45) is 0 Å². The lowest BCUT2D eigenvalue weighted by Gasteiger charge is -2.36. The molecule has 9 rings (SSSR count). The molecule has 1 atom stereocenters. The van der Waals surface area contributed by atoms with Gasteiger partial charge in [-0.05, 0) is 81.1 Å². The summed E-state index contributed by atoms with van der Waals surface area (Å²) in [6.45, 7) is 5.31. The molecule has 5 aliphatic rings. The predicted molar refractivity (Wildman–Crippen MR) is 235 cm³/mol. The molecule has 3 aromatic carbocycles. The molecule has 324 valence electrons. The lowest BCUT2D eigenvalue weighted by Crippen LogP contribution is -2.54. The van der Waals surface area contributed by atoms with Crippen molar-refractivity contribution in [3.63, 3.8) is 0 Å². The zero-order valence-corrected chi connectivity index (χ0v) is 35.4. The molecule has 3 saturated heterocycles. The first-order valence-corrected chi connectivity index (χ1v) is 22.0. The number of carbonyl (C=O) groups excluding carboxylic acids is 6. The van der Waals surface area contributed by atoms with Crippen molar-refractivity contribution in [3.05, 3.63) is 112 Å². The summed E-state index contributed by atoms with van der Waals surface area (Å²) in [5, 5.41) is 6.09. The number of nitrogens with zero attached hydrogens (tertiary/aromatic N) is 6. The highest BCUT2D eigenvalue weighted by Crippen LogP contribution is 2.37. The molecule has 1 aliphatic carbocycles. The van der Waals surface area contributed by atoms with Crippen LogP contribution in [0.25, 0.3) is 5.57 Å². The zero-order chi connectivity index (χ0) is 43.6. The van der Waals surface area contributed by atoms with Crippen molar-refractivity contribution in [2.45, 2.75) is 63.5 Å². The number of Topliss-reactive ketones (excluding diaryl/α,β-unsaturated/α-hetero) is 1. The van der Waals surface area contributed by atoms with Gasteiger partial charge in [-0.2, -0.15) is 0 Å².